The summed E-state index contributed by atoms with van der Waals surface area (Å²) in [5.41, 5.74) is 0.190. The molecular formula is C8H8BaO9STi. The number of benzene rings is 1. The van der Waals surface area contributed by atoms with Crippen LogP contribution >= 0.6 is 0 Å². The smallest absolute Gasteiger partial charge is 2.00 e. The molecule has 1 aromatic carbocycles. The number of hydrogen-bond acceptors (Lipinski definition) is 7. The fourth-order valence-electron chi connectivity index (χ4n) is 0.756. The molecule has 0 radical (unpaired) electrons. The molecule has 1 aromatic rings. The fourth-order valence-corrected chi connectivity index (χ4v) is 0.756. The summed E-state index contributed by atoms with van der Waals surface area (Å²) in [7, 11) is -3.89. The van der Waals surface area contributed by atoms with Gasteiger partial charge in [0.15, 0.2) is 0 Å². The van der Waals surface area contributed by atoms with Gasteiger partial charge >= 0.3 is 76.6 Å². The minimum atomic E-state index is -5.17. The van der Waals surface area contributed by atoms with E-state index in [2.05, 4.69) is 4.74 Å². The van der Waals surface area contributed by atoms with E-state index in [0.29, 0.717) is 0 Å². The normalized spacial score (nSPS) is 7.95. The van der Waals surface area contributed by atoms with E-state index in [4.69, 9.17) is 22.6 Å². The monoisotopic (exact) mass is 466 g/mol. The van der Waals surface area contributed by atoms with Crippen LogP contribution in [0.15, 0.2) is 24.3 Å². The average Bonchev–Trinajstić information content (AvgIpc) is 2.15. The first kappa shape index (κ1) is 32.5. The number of phenolic OH excluding ortho intramolecular Hbond substituents is 1. The van der Waals surface area contributed by atoms with Crippen LogP contribution in [0, 0.1) is 0 Å². The maximum absolute atomic E-state index is 10.9. The number of para-hydroxylation sites is 1. The minimum absolute atomic E-state index is 0. The largest absolute Gasteiger partial charge is 4.00 e. The van der Waals surface area contributed by atoms with Crippen LogP contribution in [0.3, 0.4) is 0 Å². The molecule has 0 amide bonds. The Morgan fingerprint density at radius 1 is 1.20 bits per heavy atom. The first-order chi connectivity index (χ1) is 7.25. The summed E-state index contributed by atoms with van der Waals surface area (Å²) in [5.74, 6) is -0.581. The minimum Gasteiger partial charge on any atom is -2.00 e. The Labute approximate surface area is 170 Å². The zero-order valence-corrected chi connectivity index (χ0v) is 17.0. The molecule has 0 saturated carbocycles. The number of ether oxygens (including phenoxy) is 1. The van der Waals surface area contributed by atoms with Gasteiger partial charge in [0, 0.05) is 10.4 Å². The average molecular weight is 465 g/mol. The second kappa shape index (κ2) is 15.9. The van der Waals surface area contributed by atoms with E-state index < -0.39 is 16.4 Å². The summed E-state index contributed by atoms with van der Waals surface area (Å²) in [6, 6.07) is 6.24. The summed E-state index contributed by atoms with van der Waals surface area (Å²) >= 11 is 0. The van der Waals surface area contributed by atoms with E-state index >= 15 is 0 Å². The van der Waals surface area contributed by atoms with Gasteiger partial charge in [-0.25, -0.2) is 4.79 Å². The van der Waals surface area contributed by atoms with Gasteiger partial charge < -0.3 is 29.9 Å². The van der Waals surface area contributed by atoms with E-state index in [9.17, 15) is 4.79 Å². The zero-order valence-electron chi connectivity index (χ0n) is 10.1. The quantitative estimate of drug-likeness (QED) is 0.244. The maximum atomic E-state index is 10.9. The molecule has 0 spiro atoms. The van der Waals surface area contributed by atoms with Crippen LogP contribution in [0.5, 0.6) is 5.75 Å². The van der Waals surface area contributed by atoms with Crippen molar-refractivity contribution in [3.63, 3.8) is 0 Å². The summed E-state index contributed by atoms with van der Waals surface area (Å²) in [6.07, 6.45) is 0. The van der Waals surface area contributed by atoms with Crippen molar-refractivity contribution in [3.8, 4) is 5.75 Å². The van der Waals surface area contributed by atoms with Crippen molar-refractivity contribution in [3.05, 3.63) is 29.8 Å². The number of rotatable bonds is 1. The van der Waals surface area contributed by atoms with Gasteiger partial charge in [0.25, 0.3) is 0 Å². The first-order valence-electron chi connectivity index (χ1n) is 3.78. The van der Waals surface area contributed by atoms with Gasteiger partial charge in [0.1, 0.15) is 11.3 Å². The third-order valence-corrected chi connectivity index (χ3v) is 1.31. The van der Waals surface area contributed by atoms with Crippen molar-refractivity contribution < 1.29 is 64.8 Å². The van der Waals surface area contributed by atoms with E-state index in [0.717, 1.165) is 0 Å². The van der Waals surface area contributed by atoms with Gasteiger partial charge in [-0.2, -0.15) is 0 Å². The summed E-state index contributed by atoms with van der Waals surface area (Å²) in [6.45, 7) is 0. The summed E-state index contributed by atoms with van der Waals surface area (Å²) in [5, 5.41) is 9.11. The Balaban J connectivity index is -0.0000000744. The van der Waals surface area contributed by atoms with Gasteiger partial charge in [-0.3, -0.25) is 8.42 Å². The van der Waals surface area contributed by atoms with Crippen molar-refractivity contribution >= 4 is 65.2 Å². The van der Waals surface area contributed by atoms with Gasteiger partial charge in [0.2, 0.25) is 0 Å². The van der Waals surface area contributed by atoms with E-state index in [1.807, 2.05) is 0 Å². The molecule has 0 aliphatic heterocycles. The summed E-state index contributed by atoms with van der Waals surface area (Å²) in [4.78, 5) is 10.9. The predicted octanol–water partition coefficient (Wildman–Crippen LogP) is -0.780. The molecule has 0 heterocycles. The van der Waals surface area contributed by atoms with Gasteiger partial charge in [-0.1, -0.05) is 12.1 Å². The molecule has 9 nitrogen and oxygen atoms in total. The van der Waals surface area contributed by atoms with Gasteiger partial charge in [-0.15, -0.1) is 0 Å². The molecule has 1 rings (SSSR count). The second-order valence-electron chi connectivity index (χ2n) is 2.42. The van der Waals surface area contributed by atoms with E-state index in [1.165, 1.54) is 19.2 Å². The maximum Gasteiger partial charge on any atom is 4.00 e. The Hall–Kier alpha value is 0.566. The molecular weight excluding hydrogens is 457 g/mol. The second-order valence-corrected chi connectivity index (χ2v) is 3.23. The Morgan fingerprint density at radius 3 is 1.85 bits per heavy atom. The van der Waals surface area contributed by atoms with E-state index in [-0.39, 0.29) is 92.9 Å². The Bertz CT molecular complexity index is 457. The number of phenols is 1. The molecule has 0 atom stereocenters. The molecule has 12 heteroatoms. The molecule has 0 saturated heterocycles. The SMILES string of the molecule is COC(=O)c1ccccc1O.O=S(=O)([O-])[O-].[Ba+2].[O-2].[O-2].[Ti+4]. The van der Waals surface area contributed by atoms with Crippen LogP contribution in [-0.2, 0) is 47.8 Å². The number of methoxy groups -OCH3 is 1. The number of carbonyl (C=O) groups is 1. The molecule has 106 valence electrons. The van der Waals surface area contributed by atoms with Crippen LogP contribution in [0.4, 0.5) is 0 Å². The van der Waals surface area contributed by atoms with Gasteiger partial charge in [-0.05, 0) is 12.1 Å². The Morgan fingerprint density at radius 2 is 1.55 bits per heavy atom. The van der Waals surface area contributed by atoms with Crippen LogP contribution < -0.4 is 0 Å². The molecule has 0 bridgehead atoms. The van der Waals surface area contributed by atoms with Crippen LogP contribution in [0.25, 0.3) is 0 Å². The van der Waals surface area contributed by atoms with Crippen molar-refractivity contribution in [2.45, 2.75) is 0 Å². The van der Waals surface area contributed by atoms with Crippen molar-refractivity contribution in [2.24, 2.45) is 0 Å². The standard InChI is InChI=1S/C8H8O3.Ba.H2O4S.2O.Ti/c1-11-8(10)6-4-2-3-5-7(6)9;;1-5(2,3)4;;;/h2-5,9H,1H3;;(H2,1,2,3,4);;;/q;+2;;2*-2;+4/p-2. The zero-order chi connectivity index (χ0) is 12.8. The molecule has 1 N–H and O–H groups in total. The van der Waals surface area contributed by atoms with Crippen molar-refractivity contribution in [1.82, 2.24) is 0 Å². The molecule has 0 fully saturated rings. The Kier molecular flexibility index (Phi) is 25.9. The molecule has 0 aromatic heterocycles. The molecule has 0 unspecified atom stereocenters. The molecule has 20 heavy (non-hydrogen) atoms. The third kappa shape index (κ3) is 18.6. The van der Waals surface area contributed by atoms with E-state index in [1.54, 1.807) is 12.1 Å². The van der Waals surface area contributed by atoms with Crippen molar-refractivity contribution in [2.75, 3.05) is 7.11 Å². The molecule has 0 aliphatic rings. The van der Waals surface area contributed by atoms with Gasteiger partial charge in [0.05, 0.1) is 7.11 Å². The number of aromatic hydroxyl groups is 1. The number of hydrogen-bond donors (Lipinski definition) is 1. The third-order valence-electron chi connectivity index (χ3n) is 1.31. The van der Waals surface area contributed by atoms with Crippen LogP contribution in [-0.4, -0.2) is 84.6 Å². The number of carbonyl (C=O) groups excluding carboxylic acids is 1. The predicted molar refractivity (Wildman–Crippen MR) is 57.0 cm³/mol. The van der Waals surface area contributed by atoms with Crippen LogP contribution in [0.2, 0.25) is 0 Å². The fraction of sp³-hybridized carbons (Fsp3) is 0.125. The molecule has 0 aliphatic carbocycles. The summed E-state index contributed by atoms with van der Waals surface area (Å²) < 4.78 is 38.5. The van der Waals surface area contributed by atoms with Crippen LogP contribution in [0.1, 0.15) is 10.4 Å². The first-order valence-corrected chi connectivity index (χ1v) is 5.12. The topological polar surface area (TPSA) is 184 Å². The number of esters is 1. The van der Waals surface area contributed by atoms with Crippen molar-refractivity contribution in [1.29, 1.82) is 0 Å².